The quantitative estimate of drug-likeness (QED) is 0.765. The minimum absolute atomic E-state index is 0.102. The highest BCUT2D eigenvalue weighted by molar-refractivity contribution is 6.03. The van der Waals surface area contributed by atoms with E-state index in [0.29, 0.717) is 10.8 Å². The summed E-state index contributed by atoms with van der Waals surface area (Å²) in [7, 11) is 1.41. The number of carbonyl (C=O) groups is 3. The molecule has 132 valence electrons. The molecule has 1 atom stereocenters. The van der Waals surface area contributed by atoms with E-state index in [2.05, 4.69) is 5.10 Å². The number of fused-ring (bicyclic) bond motifs is 1. The largest absolute Gasteiger partial charge is 0.447 e. The Morgan fingerprint density at radius 3 is 2.36 bits per heavy atom. The lowest BCUT2D eigenvalue weighted by Crippen LogP contribution is -2.45. The van der Waals surface area contributed by atoms with E-state index >= 15 is 0 Å². The number of benzene rings is 1. The fourth-order valence-electron chi connectivity index (χ4n) is 2.31. The first-order valence-corrected chi connectivity index (χ1v) is 7.49. The second-order valence-corrected chi connectivity index (χ2v) is 5.75. The number of ether oxygens (including phenoxy) is 1. The van der Waals surface area contributed by atoms with Crippen molar-refractivity contribution in [3.05, 3.63) is 40.3 Å². The summed E-state index contributed by atoms with van der Waals surface area (Å²) in [6, 6.07) is 5.40. The molecule has 0 saturated heterocycles. The molecule has 1 aromatic carbocycles. The van der Waals surface area contributed by atoms with Gasteiger partial charge in [-0.25, -0.2) is 14.3 Å². The molecule has 0 radical (unpaired) electrons. The Kier molecular flexibility index (Phi) is 5.16. The van der Waals surface area contributed by atoms with Gasteiger partial charge >= 0.3 is 12.0 Å². The number of carbonyl (C=O) groups excluding carboxylic acids is 3. The molecule has 9 heteroatoms. The maximum absolute atomic E-state index is 12.5. The van der Waals surface area contributed by atoms with Gasteiger partial charge in [-0.1, -0.05) is 32.0 Å². The summed E-state index contributed by atoms with van der Waals surface area (Å²) < 4.78 is 6.25. The summed E-state index contributed by atoms with van der Waals surface area (Å²) in [6.07, 6.45) is -1.24. The molecule has 0 fully saturated rings. The Morgan fingerprint density at radius 2 is 1.80 bits per heavy atom. The highest BCUT2D eigenvalue weighted by Gasteiger charge is 2.29. The van der Waals surface area contributed by atoms with Crippen molar-refractivity contribution >= 4 is 28.7 Å². The summed E-state index contributed by atoms with van der Waals surface area (Å²) in [5.74, 6) is -2.13. The number of urea groups is 1. The minimum Gasteiger partial charge on any atom is -0.447 e. The molecule has 0 unspecified atom stereocenters. The van der Waals surface area contributed by atoms with Gasteiger partial charge in [0.15, 0.2) is 11.8 Å². The van der Waals surface area contributed by atoms with Crippen LogP contribution in [-0.2, 0) is 16.6 Å². The Labute approximate surface area is 142 Å². The molecule has 0 aliphatic heterocycles. The normalized spacial score (nSPS) is 12.0. The molecule has 0 saturated carbocycles. The van der Waals surface area contributed by atoms with Crippen molar-refractivity contribution in [1.82, 2.24) is 15.1 Å². The first-order chi connectivity index (χ1) is 11.7. The van der Waals surface area contributed by atoms with Crippen LogP contribution in [0.25, 0.3) is 10.8 Å². The molecular formula is C16H18N4O5. The van der Waals surface area contributed by atoms with E-state index in [4.69, 9.17) is 10.5 Å². The molecule has 0 aliphatic carbocycles. The molecule has 3 amide bonds. The molecular weight excluding hydrogens is 328 g/mol. The molecule has 0 spiro atoms. The van der Waals surface area contributed by atoms with Crippen LogP contribution in [0.4, 0.5) is 4.79 Å². The Morgan fingerprint density at radius 1 is 1.20 bits per heavy atom. The summed E-state index contributed by atoms with van der Waals surface area (Å²) in [5.41, 5.74) is 4.46. The lowest BCUT2D eigenvalue weighted by molar-refractivity contribution is -0.130. The number of nitrogens with zero attached hydrogens (tertiary/aromatic N) is 2. The summed E-state index contributed by atoms with van der Waals surface area (Å²) in [6.45, 7) is 3.29. The average Bonchev–Trinajstić information content (AvgIpc) is 2.54. The molecule has 2 rings (SSSR count). The van der Waals surface area contributed by atoms with E-state index in [-0.39, 0.29) is 11.3 Å². The third-order valence-corrected chi connectivity index (χ3v) is 3.49. The minimum atomic E-state index is -1.24. The van der Waals surface area contributed by atoms with Gasteiger partial charge in [0.2, 0.25) is 0 Å². The average molecular weight is 346 g/mol. The molecule has 0 bridgehead atoms. The van der Waals surface area contributed by atoms with Gasteiger partial charge in [0, 0.05) is 12.4 Å². The lowest BCUT2D eigenvalue weighted by Gasteiger charge is -2.20. The lowest BCUT2D eigenvalue weighted by atomic mass is 10.1. The molecule has 1 aromatic heterocycles. The number of aryl methyl sites for hydroxylation is 1. The van der Waals surface area contributed by atoms with Crippen LogP contribution >= 0.6 is 0 Å². The SMILES string of the molecule is CC(C)[C@H](OC(=O)c1nn(C)c(=O)c2ccccc12)C(=O)NC(N)=O. The third-order valence-electron chi connectivity index (χ3n) is 3.49. The number of hydrogen-bond donors (Lipinski definition) is 2. The smallest absolute Gasteiger partial charge is 0.360 e. The van der Waals surface area contributed by atoms with Crippen LogP contribution in [0.2, 0.25) is 0 Å². The van der Waals surface area contributed by atoms with Crippen LogP contribution in [0.5, 0.6) is 0 Å². The van der Waals surface area contributed by atoms with Gasteiger partial charge in [-0.2, -0.15) is 5.10 Å². The zero-order valence-electron chi connectivity index (χ0n) is 14.0. The number of nitrogens with two attached hydrogens (primary N) is 1. The standard InChI is InChI=1S/C16H18N4O5/c1-8(2)12(13(21)18-16(17)24)25-15(23)11-9-6-4-5-7-10(9)14(22)20(3)19-11/h4-8,12H,1-3H3,(H3,17,18,21,24)/t12-/m0/s1. The van der Waals surface area contributed by atoms with Crippen LogP contribution in [0.3, 0.4) is 0 Å². The van der Waals surface area contributed by atoms with Crippen molar-refractivity contribution in [3.8, 4) is 0 Å². The predicted molar refractivity (Wildman–Crippen MR) is 88.8 cm³/mol. The number of rotatable bonds is 4. The van der Waals surface area contributed by atoms with Crippen molar-refractivity contribution in [2.24, 2.45) is 18.7 Å². The van der Waals surface area contributed by atoms with Gasteiger partial charge in [-0.05, 0) is 12.0 Å². The van der Waals surface area contributed by atoms with Crippen molar-refractivity contribution in [2.75, 3.05) is 0 Å². The second kappa shape index (κ2) is 7.12. The molecule has 1 heterocycles. The van der Waals surface area contributed by atoms with Gasteiger partial charge in [0.25, 0.3) is 11.5 Å². The fraction of sp³-hybridized carbons (Fsp3) is 0.312. The highest BCUT2D eigenvalue weighted by Crippen LogP contribution is 2.16. The number of esters is 1. The monoisotopic (exact) mass is 346 g/mol. The third kappa shape index (κ3) is 3.82. The van der Waals surface area contributed by atoms with Gasteiger partial charge in [0.1, 0.15) is 0 Å². The number of primary amides is 1. The van der Waals surface area contributed by atoms with Crippen molar-refractivity contribution in [3.63, 3.8) is 0 Å². The summed E-state index contributed by atoms with van der Waals surface area (Å²) in [4.78, 5) is 47.5. The van der Waals surface area contributed by atoms with Crippen LogP contribution in [0, 0.1) is 5.92 Å². The second-order valence-electron chi connectivity index (χ2n) is 5.75. The van der Waals surface area contributed by atoms with Gasteiger partial charge < -0.3 is 10.5 Å². The molecule has 25 heavy (non-hydrogen) atoms. The van der Waals surface area contributed by atoms with Gasteiger partial charge in [-0.3, -0.25) is 14.9 Å². The molecule has 9 nitrogen and oxygen atoms in total. The number of nitrogens with one attached hydrogen (secondary N) is 1. The Balaban J connectivity index is 2.42. The molecule has 2 aromatic rings. The van der Waals surface area contributed by atoms with E-state index in [1.165, 1.54) is 7.05 Å². The zero-order valence-corrected chi connectivity index (χ0v) is 14.0. The van der Waals surface area contributed by atoms with Crippen LogP contribution in [0.1, 0.15) is 24.3 Å². The molecule has 3 N–H and O–H groups in total. The van der Waals surface area contributed by atoms with Crippen molar-refractivity contribution in [1.29, 1.82) is 0 Å². The van der Waals surface area contributed by atoms with Crippen LogP contribution in [-0.4, -0.2) is 33.8 Å². The maximum atomic E-state index is 12.5. The van der Waals surface area contributed by atoms with E-state index in [0.717, 1.165) is 4.68 Å². The van der Waals surface area contributed by atoms with E-state index in [1.807, 2.05) is 5.32 Å². The van der Waals surface area contributed by atoms with Gasteiger partial charge in [0.05, 0.1) is 5.39 Å². The number of amides is 3. The maximum Gasteiger partial charge on any atom is 0.360 e. The molecule has 0 aliphatic rings. The van der Waals surface area contributed by atoms with Gasteiger partial charge in [-0.15, -0.1) is 0 Å². The fourth-order valence-corrected chi connectivity index (χ4v) is 2.31. The number of aromatic nitrogens is 2. The first-order valence-electron chi connectivity index (χ1n) is 7.49. The Hall–Kier alpha value is -3.23. The van der Waals surface area contributed by atoms with E-state index < -0.39 is 29.9 Å². The first kappa shape index (κ1) is 18.1. The van der Waals surface area contributed by atoms with Crippen LogP contribution < -0.4 is 16.6 Å². The highest BCUT2D eigenvalue weighted by atomic mass is 16.5. The Bertz CT molecular complexity index is 903. The van der Waals surface area contributed by atoms with E-state index in [1.54, 1.807) is 38.1 Å². The van der Waals surface area contributed by atoms with Crippen molar-refractivity contribution in [2.45, 2.75) is 20.0 Å². The topological polar surface area (TPSA) is 133 Å². The number of imide groups is 1. The summed E-state index contributed by atoms with van der Waals surface area (Å²) >= 11 is 0. The summed E-state index contributed by atoms with van der Waals surface area (Å²) in [5, 5.41) is 6.44. The zero-order chi connectivity index (χ0) is 18.7. The number of hydrogen-bond acceptors (Lipinski definition) is 6. The van der Waals surface area contributed by atoms with E-state index in [9.17, 15) is 19.2 Å². The van der Waals surface area contributed by atoms with Crippen LogP contribution in [0.15, 0.2) is 29.1 Å². The predicted octanol–water partition coefficient (Wildman–Crippen LogP) is 0.310. The van der Waals surface area contributed by atoms with Crippen molar-refractivity contribution < 1.29 is 19.1 Å².